The molecule has 5 heteroatoms. The molecule has 0 spiro atoms. The maximum Gasteiger partial charge on any atom is 0.134 e. The van der Waals surface area contributed by atoms with Crippen LogP contribution >= 0.6 is 0 Å². The van der Waals surface area contributed by atoms with E-state index >= 15 is 0 Å². The molecular weight excluding hydrogens is 262 g/mol. The van der Waals surface area contributed by atoms with Gasteiger partial charge in [-0.15, -0.1) is 10.2 Å². The van der Waals surface area contributed by atoms with Crippen LogP contribution in [-0.4, -0.2) is 37.7 Å². The molecule has 106 valence electrons. The maximum atomic E-state index is 4.76. The number of nitrogens with zero attached hydrogens (tertiary/aromatic N) is 5. The number of rotatable bonds is 2. The largest absolute Gasteiger partial charge is 0.316 e. The van der Waals surface area contributed by atoms with Gasteiger partial charge in [-0.05, 0) is 12.1 Å². The molecule has 1 aromatic carbocycles. The van der Waals surface area contributed by atoms with Crippen molar-refractivity contribution in [3.8, 4) is 0 Å². The van der Waals surface area contributed by atoms with Gasteiger partial charge in [-0.2, -0.15) is 0 Å². The highest BCUT2D eigenvalue weighted by Crippen LogP contribution is 2.14. The van der Waals surface area contributed by atoms with Crippen molar-refractivity contribution in [1.29, 1.82) is 0 Å². The third-order valence-electron chi connectivity index (χ3n) is 4.05. The van der Waals surface area contributed by atoms with Gasteiger partial charge in [0.05, 0.1) is 11.2 Å². The summed E-state index contributed by atoms with van der Waals surface area (Å²) in [5.41, 5.74) is 2.20. The smallest absolute Gasteiger partial charge is 0.134 e. The molecule has 0 radical (unpaired) electrons. The van der Waals surface area contributed by atoms with Crippen LogP contribution in [0.15, 0.2) is 42.7 Å². The fraction of sp³-hybridized carbons (Fsp3) is 0.312. The van der Waals surface area contributed by atoms with Gasteiger partial charge >= 0.3 is 0 Å². The van der Waals surface area contributed by atoms with Gasteiger partial charge in [-0.1, -0.05) is 24.3 Å². The fourth-order valence-electron chi connectivity index (χ4n) is 2.86. The Morgan fingerprint density at radius 3 is 2.95 bits per heavy atom. The van der Waals surface area contributed by atoms with Crippen molar-refractivity contribution in [2.75, 3.05) is 13.1 Å². The van der Waals surface area contributed by atoms with Crippen molar-refractivity contribution in [3.05, 3.63) is 54.2 Å². The summed E-state index contributed by atoms with van der Waals surface area (Å²) >= 11 is 0. The van der Waals surface area contributed by atoms with Crippen LogP contribution in [0.1, 0.15) is 11.5 Å². The molecular formula is C16H17N5. The molecule has 5 nitrogen and oxygen atoms in total. The summed E-state index contributed by atoms with van der Waals surface area (Å²) in [6, 6.07) is 12.6. The summed E-state index contributed by atoms with van der Waals surface area (Å²) in [4.78, 5) is 7.20. The monoisotopic (exact) mass is 279 g/mol. The molecule has 0 atom stereocenters. The van der Waals surface area contributed by atoms with Gasteiger partial charge < -0.3 is 4.57 Å². The van der Waals surface area contributed by atoms with Gasteiger partial charge in [-0.25, -0.2) is 0 Å². The summed E-state index contributed by atoms with van der Waals surface area (Å²) in [7, 11) is 0. The lowest BCUT2D eigenvalue weighted by molar-refractivity contribution is 0.268. The highest BCUT2D eigenvalue weighted by atomic mass is 15.3. The number of pyridine rings is 1. The summed E-state index contributed by atoms with van der Waals surface area (Å²) in [5, 5.41) is 9.34. The fourth-order valence-corrected chi connectivity index (χ4v) is 2.86. The van der Waals surface area contributed by atoms with E-state index in [0.29, 0.717) is 0 Å². The number of fused-ring (bicyclic) bond motifs is 2. The first-order chi connectivity index (χ1) is 10.4. The molecule has 21 heavy (non-hydrogen) atoms. The molecule has 0 aliphatic carbocycles. The van der Waals surface area contributed by atoms with Gasteiger partial charge in [0.2, 0.25) is 0 Å². The SMILES string of the molecule is c1ccc2nc(CN3CCc4nncn4CC3)ccc2c1. The zero-order chi connectivity index (χ0) is 14.1. The first-order valence-corrected chi connectivity index (χ1v) is 7.32. The standard InChI is InChI=1S/C16H17N5/c1-2-4-15-13(3-1)5-6-14(18-15)11-20-8-7-16-19-17-12-21(16)10-9-20/h1-6,12H,7-11H2. The first kappa shape index (κ1) is 12.5. The molecule has 2 aromatic heterocycles. The lowest BCUT2D eigenvalue weighted by Gasteiger charge is -2.19. The number of aromatic nitrogens is 4. The van der Waals surface area contributed by atoms with Crippen LogP contribution in [0.5, 0.6) is 0 Å². The Kier molecular flexibility index (Phi) is 3.12. The topological polar surface area (TPSA) is 46.8 Å². The van der Waals surface area contributed by atoms with Crippen molar-refractivity contribution in [2.24, 2.45) is 0 Å². The van der Waals surface area contributed by atoms with Gasteiger partial charge in [0.15, 0.2) is 0 Å². The average molecular weight is 279 g/mol. The summed E-state index contributed by atoms with van der Waals surface area (Å²) in [6.45, 7) is 3.87. The van der Waals surface area contributed by atoms with Gasteiger partial charge in [0, 0.05) is 38.0 Å². The normalized spacial score (nSPS) is 15.8. The summed E-state index contributed by atoms with van der Waals surface area (Å²) < 4.78 is 2.15. The second-order valence-corrected chi connectivity index (χ2v) is 5.46. The van der Waals surface area contributed by atoms with E-state index in [1.807, 2.05) is 18.5 Å². The molecule has 0 N–H and O–H groups in total. The van der Waals surface area contributed by atoms with Crippen molar-refractivity contribution in [2.45, 2.75) is 19.5 Å². The third-order valence-corrected chi connectivity index (χ3v) is 4.05. The van der Waals surface area contributed by atoms with Crippen LogP contribution in [0.4, 0.5) is 0 Å². The number of benzene rings is 1. The molecule has 0 unspecified atom stereocenters. The van der Waals surface area contributed by atoms with Crippen LogP contribution in [0.25, 0.3) is 10.9 Å². The van der Waals surface area contributed by atoms with E-state index in [1.165, 1.54) is 5.39 Å². The van der Waals surface area contributed by atoms with Gasteiger partial charge in [0.25, 0.3) is 0 Å². The highest BCUT2D eigenvalue weighted by molar-refractivity contribution is 5.78. The lowest BCUT2D eigenvalue weighted by Crippen LogP contribution is -2.26. The van der Waals surface area contributed by atoms with Crippen LogP contribution in [0.2, 0.25) is 0 Å². The predicted molar refractivity (Wildman–Crippen MR) is 80.7 cm³/mol. The van der Waals surface area contributed by atoms with Crippen molar-refractivity contribution in [3.63, 3.8) is 0 Å². The quantitative estimate of drug-likeness (QED) is 0.718. The Labute approximate surface area is 123 Å². The molecule has 0 saturated heterocycles. The Balaban J connectivity index is 1.51. The third kappa shape index (κ3) is 2.52. The van der Waals surface area contributed by atoms with E-state index in [2.05, 4.69) is 43.9 Å². The maximum absolute atomic E-state index is 4.76. The van der Waals surface area contributed by atoms with Crippen LogP contribution < -0.4 is 0 Å². The molecule has 1 aliphatic rings. The van der Waals surface area contributed by atoms with Gasteiger partial charge in [-0.3, -0.25) is 9.88 Å². The van der Waals surface area contributed by atoms with Crippen LogP contribution in [-0.2, 0) is 19.5 Å². The molecule has 4 rings (SSSR count). The van der Waals surface area contributed by atoms with E-state index in [9.17, 15) is 0 Å². The minimum atomic E-state index is 0.892. The molecule has 0 bridgehead atoms. The Morgan fingerprint density at radius 2 is 1.95 bits per heavy atom. The molecule has 3 heterocycles. The number of hydrogen-bond donors (Lipinski definition) is 0. The Hall–Kier alpha value is -2.27. The van der Waals surface area contributed by atoms with E-state index in [0.717, 1.165) is 49.6 Å². The predicted octanol–water partition coefficient (Wildman–Crippen LogP) is 1.88. The molecule has 0 amide bonds. The highest BCUT2D eigenvalue weighted by Gasteiger charge is 2.15. The van der Waals surface area contributed by atoms with Crippen molar-refractivity contribution < 1.29 is 0 Å². The van der Waals surface area contributed by atoms with Crippen molar-refractivity contribution in [1.82, 2.24) is 24.6 Å². The van der Waals surface area contributed by atoms with E-state index in [1.54, 1.807) is 0 Å². The Morgan fingerprint density at radius 1 is 1.00 bits per heavy atom. The zero-order valence-corrected chi connectivity index (χ0v) is 11.8. The summed E-state index contributed by atoms with van der Waals surface area (Å²) in [5.74, 6) is 1.09. The van der Waals surface area contributed by atoms with Crippen molar-refractivity contribution >= 4 is 10.9 Å². The minimum Gasteiger partial charge on any atom is -0.316 e. The van der Waals surface area contributed by atoms with Crippen LogP contribution in [0.3, 0.4) is 0 Å². The molecule has 3 aromatic rings. The lowest BCUT2D eigenvalue weighted by atomic mass is 10.2. The van der Waals surface area contributed by atoms with E-state index in [4.69, 9.17) is 4.98 Å². The number of hydrogen-bond acceptors (Lipinski definition) is 4. The van der Waals surface area contributed by atoms with Gasteiger partial charge in [0.1, 0.15) is 12.2 Å². The second kappa shape index (κ2) is 5.26. The van der Waals surface area contributed by atoms with Crippen LogP contribution in [0, 0.1) is 0 Å². The molecule has 1 aliphatic heterocycles. The average Bonchev–Trinajstić information content (AvgIpc) is 2.89. The molecule has 0 fully saturated rings. The molecule has 0 saturated carbocycles. The zero-order valence-electron chi connectivity index (χ0n) is 11.8. The summed E-state index contributed by atoms with van der Waals surface area (Å²) in [6.07, 6.45) is 2.78. The van der Waals surface area contributed by atoms with E-state index < -0.39 is 0 Å². The second-order valence-electron chi connectivity index (χ2n) is 5.46. The van der Waals surface area contributed by atoms with E-state index in [-0.39, 0.29) is 0 Å². The first-order valence-electron chi connectivity index (χ1n) is 7.32. The minimum absolute atomic E-state index is 0.892. The Bertz CT molecular complexity index is 741. The number of para-hydroxylation sites is 1.